The summed E-state index contributed by atoms with van der Waals surface area (Å²) in [6.45, 7) is 7.59. The molecule has 1 aliphatic carbocycles. The number of fused-ring (bicyclic) bond motifs is 1. The normalized spacial score (nSPS) is 23.4. The average Bonchev–Trinajstić information content (AvgIpc) is 2.68. The predicted molar refractivity (Wildman–Crippen MR) is 79.8 cm³/mol. The largest absolute Gasteiger partial charge is 0.481 e. The highest BCUT2D eigenvalue weighted by atomic mass is 32.2. The van der Waals surface area contributed by atoms with Crippen molar-refractivity contribution in [3.63, 3.8) is 0 Å². The molecule has 0 amide bonds. The van der Waals surface area contributed by atoms with Crippen LogP contribution in [0.25, 0.3) is 0 Å². The molecule has 0 bridgehead atoms. The third kappa shape index (κ3) is 2.79. The molecule has 5 heteroatoms. The minimum atomic E-state index is -1.29. The molecule has 2 rings (SSSR count). The Labute approximate surface area is 122 Å². The number of benzene rings is 1. The molecule has 0 heterocycles. The van der Waals surface area contributed by atoms with Crippen molar-refractivity contribution in [3.05, 3.63) is 34.9 Å². The van der Waals surface area contributed by atoms with Gasteiger partial charge in [-0.25, -0.2) is 8.93 Å². The molecule has 1 aromatic carbocycles. The highest BCUT2D eigenvalue weighted by molar-refractivity contribution is 7.84. The second-order valence-corrected chi connectivity index (χ2v) is 8.27. The van der Waals surface area contributed by atoms with Gasteiger partial charge in [0, 0.05) is 0 Å². The topological polar surface area (TPSA) is 66.4 Å². The van der Waals surface area contributed by atoms with Crippen LogP contribution in [-0.2, 0) is 22.2 Å². The van der Waals surface area contributed by atoms with Crippen molar-refractivity contribution in [3.8, 4) is 0 Å². The molecule has 0 spiro atoms. The van der Waals surface area contributed by atoms with E-state index in [1.54, 1.807) is 0 Å². The van der Waals surface area contributed by atoms with E-state index in [4.69, 9.17) is 0 Å². The van der Waals surface area contributed by atoms with Crippen LogP contribution in [0.5, 0.6) is 0 Å². The van der Waals surface area contributed by atoms with Crippen LogP contribution in [0.15, 0.2) is 18.2 Å². The molecule has 110 valence electrons. The maximum Gasteiger partial charge on any atom is 0.308 e. The number of hydrogen-bond acceptors (Lipinski definition) is 2. The maximum atomic E-state index is 12.3. The first-order chi connectivity index (χ1) is 9.21. The predicted octanol–water partition coefficient (Wildman–Crippen LogP) is 2.34. The van der Waals surface area contributed by atoms with Gasteiger partial charge in [0.05, 0.1) is 27.7 Å². The molecule has 3 atom stereocenters. The van der Waals surface area contributed by atoms with Crippen LogP contribution in [0.2, 0.25) is 0 Å². The fraction of sp³-hybridized carbons (Fsp3) is 0.533. The molecule has 0 radical (unpaired) electrons. The molecule has 0 saturated heterocycles. The van der Waals surface area contributed by atoms with Gasteiger partial charge in [0.25, 0.3) is 0 Å². The van der Waals surface area contributed by atoms with Crippen LogP contribution in [0.3, 0.4) is 0 Å². The smallest absolute Gasteiger partial charge is 0.308 e. The van der Waals surface area contributed by atoms with Gasteiger partial charge in [-0.05, 0) is 50.8 Å². The highest BCUT2D eigenvalue weighted by Crippen LogP contribution is 2.39. The summed E-state index contributed by atoms with van der Waals surface area (Å²) in [5.41, 5.74) is 3.09. The molecule has 0 fully saturated rings. The third-order valence-electron chi connectivity index (χ3n) is 3.68. The Kier molecular flexibility index (Phi) is 4.02. The van der Waals surface area contributed by atoms with Gasteiger partial charge in [0.2, 0.25) is 0 Å². The first-order valence-corrected chi connectivity index (χ1v) is 7.86. The van der Waals surface area contributed by atoms with E-state index >= 15 is 0 Å². The summed E-state index contributed by atoms with van der Waals surface area (Å²) in [5.74, 6) is -1.40. The highest BCUT2D eigenvalue weighted by Gasteiger charge is 2.40. The lowest BCUT2D eigenvalue weighted by atomic mass is 9.99. The van der Waals surface area contributed by atoms with Crippen molar-refractivity contribution in [2.45, 2.75) is 44.9 Å². The summed E-state index contributed by atoms with van der Waals surface area (Å²) in [6.07, 6.45) is 0.491. The van der Waals surface area contributed by atoms with Gasteiger partial charge in [-0.2, -0.15) is 0 Å². The zero-order chi connectivity index (χ0) is 15.1. The molecule has 0 aliphatic heterocycles. The van der Waals surface area contributed by atoms with Crippen LogP contribution in [-0.4, -0.2) is 20.0 Å². The van der Waals surface area contributed by atoms with E-state index in [2.05, 4.69) is 4.72 Å². The quantitative estimate of drug-likeness (QED) is 0.899. The van der Waals surface area contributed by atoms with Crippen molar-refractivity contribution in [2.75, 3.05) is 0 Å². The average molecular weight is 295 g/mol. The Hall–Kier alpha value is -1.20. The van der Waals surface area contributed by atoms with Crippen LogP contribution in [0.1, 0.15) is 43.5 Å². The van der Waals surface area contributed by atoms with Crippen LogP contribution < -0.4 is 4.72 Å². The van der Waals surface area contributed by atoms with Crippen molar-refractivity contribution < 1.29 is 14.1 Å². The monoisotopic (exact) mass is 295 g/mol. The second kappa shape index (κ2) is 5.30. The summed E-state index contributed by atoms with van der Waals surface area (Å²) in [4.78, 5) is 11.5. The zero-order valence-electron chi connectivity index (χ0n) is 12.3. The molecule has 4 nitrogen and oxygen atoms in total. The molecule has 0 saturated carbocycles. The number of aliphatic carboxylic acids is 1. The summed E-state index contributed by atoms with van der Waals surface area (Å²) in [6, 6.07) is 5.48. The standard InChI is InChI=1S/C15H21NO3S/c1-9-6-5-7-10-8-11(14(17)18)13(12(9)10)16-20(19)15(2,3)4/h5-7,11,13,16H,8H2,1-4H3,(H,17,18)/t11-,13+,20?/m1/s1. The van der Waals surface area contributed by atoms with Gasteiger partial charge in [0.1, 0.15) is 0 Å². The van der Waals surface area contributed by atoms with Crippen molar-refractivity contribution in [2.24, 2.45) is 5.92 Å². The Morgan fingerprint density at radius 3 is 2.60 bits per heavy atom. The Morgan fingerprint density at radius 1 is 1.40 bits per heavy atom. The van der Waals surface area contributed by atoms with Gasteiger partial charge < -0.3 is 5.11 Å². The molecule has 2 N–H and O–H groups in total. The molecule has 20 heavy (non-hydrogen) atoms. The molecule has 0 aromatic heterocycles. The number of nitrogens with one attached hydrogen (secondary N) is 1. The number of rotatable bonds is 3. The van der Waals surface area contributed by atoms with Crippen LogP contribution >= 0.6 is 0 Å². The Balaban J connectivity index is 2.38. The summed E-state index contributed by atoms with van der Waals surface area (Å²) >= 11 is 0. The molecule has 1 aliphatic rings. The number of carboxylic acids is 1. The molecule has 1 unspecified atom stereocenters. The van der Waals surface area contributed by atoms with Gasteiger partial charge in [0.15, 0.2) is 0 Å². The van der Waals surface area contributed by atoms with E-state index in [-0.39, 0.29) is 6.04 Å². The minimum absolute atomic E-state index is 0.385. The molecular weight excluding hydrogens is 274 g/mol. The first-order valence-electron chi connectivity index (χ1n) is 6.71. The number of hydrogen-bond donors (Lipinski definition) is 2. The number of aryl methyl sites for hydroxylation is 1. The van der Waals surface area contributed by atoms with E-state index < -0.39 is 27.6 Å². The molecule has 1 aromatic rings. The maximum absolute atomic E-state index is 12.3. The summed E-state index contributed by atoms with van der Waals surface area (Å²) < 4.78 is 14.9. The van der Waals surface area contributed by atoms with Crippen molar-refractivity contribution >= 4 is 17.0 Å². The molecular formula is C15H21NO3S. The fourth-order valence-electron chi connectivity index (χ4n) is 2.58. The van der Waals surface area contributed by atoms with E-state index in [1.807, 2.05) is 45.9 Å². The lowest BCUT2D eigenvalue weighted by Crippen LogP contribution is -2.39. The van der Waals surface area contributed by atoms with Crippen molar-refractivity contribution in [1.29, 1.82) is 0 Å². The van der Waals surface area contributed by atoms with Crippen molar-refractivity contribution in [1.82, 2.24) is 4.72 Å². The lowest BCUT2D eigenvalue weighted by molar-refractivity contribution is -0.142. The van der Waals surface area contributed by atoms with Gasteiger partial charge >= 0.3 is 5.97 Å². The summed E-state index contributed by atoms with van der Waals surface area (Å²) in [5, 5.41) is 9.42. The third-order valence-corrected chi connectivity index (χ3v) is 5.26. The fourth-order valence-corrected chi connectivity index (χ4v) is 3.45. The first kappa shape index (κ1) is 15.2. The SMILES string of the molecule is Cc1cccc2c1[C@@H](NS(=O)C(C)(C)C)[C@H](C(=O)O)C2. The van der Waals surface area contributed by atoms with E-state index in [1.165, 1.54) is 0 Å². The number of carboxylic acid groups (broad SMARTS) is 1. The minimum Gasteiger partial charge on any atom is -0.481 e. The summed E-state index contributed by atoms with van der Waals surface area (Å²) in [7, 11) is -1.29. The van der Waals surface area contributed by atoms with E-state index in [0.29, 0.717) is 6.42 Å². The second-order valence-electron chi connectivity index (χ2n) is 6.27. The Bertz CT molecular complexity index is 563. The van der Waals surface area contributed by atoms with Gasteiger partial charge in [-0.15, -0.1) is 0 Å². The van der Waals surface area contributed by atoms with Gasteiger partial charge in [-0.3, -0.25) is 4.79 Å². The zero-order valence-corrected chi connectivity index (χ0v) is 13.1. The van der Waals surface area contributed by atoms with E-state index in [9.17, 15) is 14.1 Å². The van der Waals surface area contributed by atoms with Crippen LogP contribution in [0.4, 0.5) is 0 Å². The van der Waals surface area contributed by atoms with Gasteiger partial charge in [-0.1, -0.05) is 18.2 Å². The van der Waals surface area contributed by atoms with E-state index in [0.717, 1.165) is 16.7 Å². The Morgan fingerprint density at radius 2 is 2.05 bits per heavy atom. The van der Waals surface area contributed by atoms with Crippen LogP contribution in [0, 0.1) is 12.8 Å². The number of carbonyl (C=O) groups is 1. The lowest BCUT2D eigenvalue weighted by Gasteiger charge is -2.25.